The number of hydrogen-bond donors (Lipinski definition) is 3. The Morgan fingerprint density at radius 3 is 2.71 bits per heavy atom. The Hall–Kier alpha value is -3.93. The summed E-state index contributed by atoms with van der Waals surface area (Å²) in [4.78, 5) is 20.2. The second-order valence-corrected chi connectivity index (χ2v) is 6.74. The maximum atomic E-state index is 12.9. The maximum Gasteiger partial charge on any atom is 0.256 e. The average Bonchev–Trinajstić information content (AvgIpc) is 3.34. The van der Waals surface area contributed by atoms with E-state index in [4.69, 9.17) is 0 Å². The fourth-order valence-electron chi connectivity index (χ4n) is 3.44. The molecule has 3 N–H and O–H groups in total. The summed E-state index contributed by atoms with van der Waals surface area (Å²) in [5.41, 5.74) is 6.72. The van der Waals surface area contributed by atoms with Crippen molar-refractivity contribution in [3.8, 4) is 11.3 Å². The van der Waals surface area contributed by atoms with Crippen LogP contribution in [0.15, 0.2) is 67.0 Å². The van der Waals surface area contributed by atoms with Crippen molar-refractivity contribution in [1.29, 1.82) is 0 Å². The molecular weight excluding hydrogens is 350 g/mol. The van der Waals surface area contributed by atoms with Gasteiger partial charge in [-0.1, -0.05) is 30.3 Å². The van der Waals surface area contributed by atoms with Crippen molar-refractivity contribution < 1.29 is 4.79 Å². The summed E-state index contributed by atoms with van der Waals surface area (Å²) < 4.78 is 0. The van der Waals surface area contributed by atoms with E-state index in [1.807, 2.05) is 67.6 Å². The van der Waals surface area contributed by atoms with E-state index in [0.717, 1.165) is 44.4 Å². The molecule has 0 unspecified atom stereocenters. The first-order valence-electron chi connectivity index (χ1n) is 8.98. The van der Waals surface area contributed by atoms with E-state index in [2.05, 4.69) is 25.5 Å². The van der Waals surface area contributed by atoms with Crippen molar-refractivity contribution in [3.63, 3.8) is 0 Å². The summed E-state index contributed by atoms with van der Waals surface area (Å²) in [5.74, 6) is -0.161. The summed E-state index contributed by atoms with van der Waals surface area (Å²) in [6.45, 7) is 1.92. The lowest BCUT2D eigenvalue weighted by atomic mass is 10.1. The predicted molar refractivity (Wildman–Crippen MR) is 110 cm³/mol. The molecule has 136 valence electrons. The van der Waals surface area contributed by atoms with Crippen LogP contribution in [0.3, 0.4) is 0 Å². The lowest BCUT2D eigenvalue weighted by Gasteiger charge is -2.08. The van der Waals surface area contributed by atoms with Crippen molar-refractivity contribution >= 4 is 33.5 Å². The number of nitrogens with one attached hydrogen (secondary N) is 3. The minimum absolute atomic E-state index is 0.161. The number of carbonyl (C=O) groups excluding carboxylic acids is 1. The molecule has 6 nitrogen and oxygen atoms in total. The molecule has 2 heterocycles. The second kappa shape index (κ2) is 6.35. The van der Waals surface area contributed by atoms with Gasteiger partial charge < -0.3 is 10.3 Å². The summed E-state index contributed by atoms with van der Waals surface area (Å²) in [6, 6.07) is 19.5. The Morgan fingerprint density at radius 2 is 1.86 bits per heavy atom. The number of aromatic nitrogens is 4. The monoisotopic (exact) mass is 367 g/mol. The molecule has 0 aliphatic rings. The van der Waals surface area contributed by atoms with E-state index in [0.29, 0.717) is 5.56 Å². The Morgan fingerprint density at radius 1 is 1.00 bits per heavy atom. The number of fused-ring (bicyclic) bond motifs is 2. The van der Waals surface area contributed by atoms with Crippen molar-refractivity contribution in [1.82, 2.24) is 20.2 Å². The molecule has 2 aromatic heterocycles. The molecule has 0 radical (unpaired) electrons. The van der Waals surface area contributed by atoms with Gasteiger partial charge in [0, 0.05) is 22.2 Å². The van der Waals surface area contributed by atoms with Gasteiger partial charge in [-0.2, -0.15) is 5.10 Å². The number of carbonyl (C=O) groups is 1. The van der Waals surface area contributed by atoms with Gasteiger partial charge in [-0.25, -0.2) is 4.98 Å². The Bertz CT molecular complexity index is 1320. The summed E-state index contributed by atoms with van der Waals surface area (Å²) in [6.07, 6.45) is 1.63. The first-order chi connectivity index (χ1) is 13.7. The largest absolute Gasteiger partial charge is 0.345 e. The number of amides is 1. The second-order valence-electron chi connectivity index (χ2n) is 6.74. The molecule has 5 aromatic rings. The molecule has 3 aromatic carbocycles. The highest BCUT2D eigenvalue weighted by Gasteiger charge is 2.14. The number of rotatable bonds is 3. The van der Waals surface area contributed by atoms with E-state index < -0.39 is 0 Å². The maximum absolute atomic E-state index is 12.9. The van der Waals surface area contributed by atoms with Gasteiger partial charge >= 0.3 is 0 Å². The van der Waals surface area contributed by atoms with Crippen LogP contribution in [0.2, 0.25) is 0 Å². The number of anilines is 1. The Balaban J connectivity index is 1.50. The van der Waals surface area contributed by atoms with E-state index in [-0.39, 0.29) is 5.91 Å². The SMILES string of the molecule is Cc1cc2[nH]cnc2cc1C(=O)Nc1ccc2[nH]nc(-c3ccccc3)c2c1. The number of nitrogens with zero attached hydrogens (tertiary/aromatic N) is 2. The van der Waals surface area contributed by atoms with Gasteiger partial charge in [0.25, 0.3) is 5.91 Å². The first-order valence-corrected chi connectivity index (χ1v) is 8.98. The highest BCUT2D eigenvalue weighted by atomic mass is 16.1. The van der Waals surface area contributed by atoms with Crippen LogP contribution >= 0.6 is 0 Å². The highest BCUT2D eigenvalue weighted by molar-refractivity contribution is 6.08. The van der Waals surface area contributed by atoms with E-state index >= 15 is 0 Å². The molecule has 6 heteroatoms. The third-order valence-corrected chi connectivity index (χ3v) is 4.88. The highest BCUT2D eigenvalue weighted by Crippen LogP contribution is 2.28. The fraction of sp³-hybridized carbons (Fsp3) is 0.0455. The number of H-pyrrole nitrogens is 2. The Labute approximate surface area is 160 Å². The van der Waals surface area contributed by atoms with Crippen molar-refractivity contribution in [2.45, 2.75) is 6.92 Å². The van der Waals surface area contributed by atoms with Crippen LogP contribution in [0.25, 0.3) is 33.2 Å². The summed E-state index contributed by atoms with van der Waals surface area (Å²) in [7, 11) is 0. The molecular formula is C22H17N5O. The number of aryl methyl sites for hydroxylation is 1. The molecule has 0 fully saturated rings. The van der Waals surface area contributed by atoms with E-state index in [1.165, 1.54) is 0 Å². The zero-order chi connectivity index (χ0) is 19.1. The van der Waals surface area contributed by atoms with Crippen LogP contribution < -0.4 is 5.32 Å². The molecule has 1 amide bonds. The van der Waals surface area contributed by atoms with Gasteiger partial charge in [0.15, 0.2) is 0 Å². The van der Waals surface area contributed by atoms with Crippen molar-refractivity contribution in [3.05, 3.63) is 78.1 Å². The minimum Gasteiger partial charge on any atom is -0.345 e. The number of benzene rings is 3. The molecule has 0 aliphatic carbocycles. The van der Waals surface area contributed by atoms with Gasteiger partial charge in [-0.3, -0.25) is 9.89 Å². The third-order valence-electron chi connectivity index (χ3n) is 4.88. The number of hydrogen-bond acceptors (Lipinski definition) is 3. The van der Waals surface area contributed by atoms with Gasteiger partial charge in [-0.15, -0.1) is 0 Å². The van der Waals surface area contributed by atoms with Crippen LogP contribution in [0.4, 0.5) is 5.69 Å². The Kier molecular flexibility index (Phi) is 3.69. The number of aromatic amines is 2. The van der Waals surface area contributed by atoms with Crippen LogP contribution in [0.1, 0.15) is 15.9 Å². The van der Waals surface area contributed by atoms with Gasteiger partial charge in [-0.05, 0) is 42.8 Å². The van der Waals surface area contributed by atoms with Gasteiger partial charge in [0.05, 0.1) is 28.6 Å². The molecule has 0 bridgehead atoms. The first kappa shape index (κ1) is 16.3. The zero-order valence-corrected chi connectivity index (χ0v) is 15.2. The van der Waals surface area contributed by atoms with E-state index in [9.17, 15) is 4.79 Å². The standard InChI is InChI=1S/C22H17N5O/c1-13-9-19-20(24-12-23-19)11-16(13)22(28)25-15-7-8-18-17(10-15)21(27-26-18)14-5-3-2-4-6-14/h2-12H,1H3,(H,23,24)(H,25,28)(H,26,27). The topological polar surface area (TPSA) is 86.5 Å². The van der Waals surface area contributed by atoms with Crippen molar-refractivity contribution in [2.75, 3.05) is 5.32 Å². The molecule has 28 heavy (non-hydrogen) atoms. The lowest BCUT2D eigenvalue weighted by Crippen LogP contribution is -2.13. The fourth-order valence-corrected chi connectivity index (χ4v) is 3.44. The van der Waals surface area contributed by atoms with Gasteiger partial charge in [0.2, 0.25) is 0 Å². The van der Waals surface area contributed by atoms with E-state index in [1.54, 1.807) is 6.33 Å². The van der Waals surface area contributed by atoms with Gasteiger partial charge in [0.1, 0.15) is 0 Å². The minimum atomic E-state index is -0.161. The van der Waals surface area contributed by atoms with Crippen LogP contribution in [0, 0.1) is 6.92 Å². The molecule has 0 atom stereocenters. The normalized spacial score (nSPS) is 11.2. The smallest absolute Gasteiger partial charge is 0.256 e. The zero-order valence-electron chi connectivity index (χ0n) is 15.2. The average molecular weight is 367 g/mol. The molecule has 0 saturated carbocycles. The van der Waals surface area contributed by atoms with Crippen LogP contribution in [0.5, 0.6) is 0 Å². The van der Waals surface area contributed by atoms with Crippen LogP contribution in [-0.4, -0.2) is 26.1 Å². The molecule has 0 spiro atoms. The predicted octanol–water partition coefficient (Wildman–Crippen LogP) is 4.67. The summed E-state index contributed by atoms with van der Waals surface area (Å²) in [5, 5.41) is 11.4. The quantitative estimate of drug-likeness (QED) is 0.433. The van der Waals surface area contributed by atoms with Crippen molar-refractivity contribution in [2.24, 2.45) is 0 Å². The summed E-state index contributed by atoms with van der Waals surface area (Å²) >= 11 is 0. The van der Waals surface area contributed by atoms with Crippen LogP contribution in [-0.2, 0) is 0 Å². The third kappa shape index (κ3) is 2.72. The number of imidazole rings is 1. The lowest BCUT2D eigenvalue weighted by molar-refractivity contribution is 0.102. The molecule has 0 aliphatic heterocycles. The molecule has 0 saturated heterocycles. The molecule has 5 rings (SSSR count).